The van der Waals surface area contributed by atoms with Crippen LogP contribution in [-0.2, 0) is 9.59 Å². The van der Waals surface area contributed by atoms with E-state index in [1.807, 2.05) is 36.6 Å². The van der Waals surface area contributed by atoms with Gasteiger partial charge in [0.2, 0.25) is 11.8 Å². The molecule has 0 saturated carbocycles. The summed E-state index contributed by atoms with van der Waals surface area (Å²) in [6.07, 6.45) is 1.51. The summed E-state index contributed by atoms with van der Waals surface area (Å²) in [5.41, 5.74) is 8.19. The van der Waals surface area contributed by atoms with Crippen LogP contribution < -0.4 is 16.4 Å². The van der Waals surface area contributed by atoms with Crippen molar-refractivity contribution < 1.29 is 9.59 Å². The molecular weight excluding hydrogens is 312 g/mol. The lowest BCUT2D eigenvalue weighted by Crippen LogP contribution is -2.35. The summed E-state index contributed by atoms with van der Waals surface area (Å²) >= 11 is 1.35. The number of nitrogens with two attached hydrogens (primary N) is 1. The third-order valence-electron chi connectivity index (χ3n) is 3.17. The average Bonchev–Trinajstić information content (AvgIpc) is 2.96. The second-order valence-electron chi connectivity index (χ2n) is 5.18. The zero-order valence-corrected chi connectivity index (χ0v) is 13.9. The van der Waals surface area contributed by atoms with E-state index in [9.17, 15) is 9.59 Å². The Bertz CT molecular complexity index is 682. The lowest BCUT2D eigenvalue weighted by Gasteiger charge is -2.08. The van der Waals surface area contributed by atoms with E-state index in [1.54, 1.807) is 0 Å². The molecule has 2 rings (SSSR count). The molecule has 0 fully saturated rings. The second-order valence-corrected chi connectivity index (χ2v) is 6.04. The number of amides is 2. The zero-order valence-electron chi connectivity index (χ0n) is 13.1. The summed E-state index contributed by atoms with van der Waals surface area (Å²) in [4.78, 5) is 27.3. The Morgan fingerprint density at radius 2 is 1.96 bits per heavy atom. The van der Waals surface area contributed by atoms with E-state index in [-0.39, 0.29) is 11.8 Å². The van der Waals surface area contributed by atoms with Crippen LogP contribution in [0.5, 0.6) is 0 Å². The van der Waals surface area contributed by atoms with Gasteiger partial charge in [0, 0.05) is 23.6 Å². The second kappa shape index (κ2) is 7.85. The highest BCUT2D eigenvalue weighted by Gasteiger charge is 2.14. The van der Waals surface area contributed by atoms with E-state index in [0.717, 1.165) is 23.4 Å². The molecule has 1 aromatic heterocycles. The van der Waals surface area contributed by atoms with Gasteiger partial charge in [-0.05, 0) is 18.6 Å². The van der Waals surface area contributed by atoms with Crippen LogP contribution in [0.4, 0.5) is 10.8 Å². The Balaban J connectivity index is 2.04. The van der Waals surface area contributed by atoms with Gasteiger partial charge in [-0.25, -0.2) is 4.98 Å². The molecule has 23 heavy (non-hydrogen) atoms. The van der Waals surface area contributed by atoms with Crippen molar-refractivity contribution in [1.82, 2.24) is 4.98 Å². The smallest absolute Gasteiger partial charge is 0.243 e. The van der Waals surface area contributed by atoms with Gasteiger partial charge in [-0.15, -0.1) is 11.3 Å². The summed E-state index contributed by atoms with van der Waals surface area (Å²) in [6.45, 7) is 3.45. The number of aromatic nitrogens is 1. The maximum Gasteiger partial charge on any atom is 0.243 e. The Morgan fingerprint density at radius 3 is 2.57 bits per heavy atom. The fraction of sp³-hybridized carbons (Fsp3) is 0.312. The van der Waals surface area contributed by atoms with Crippen LogP contribution in [-0.4, -0.2) is 22.8 Å². The van der Waals surface area contributed by atoms with E-state index in [1.165, 1.54) is 18.3 Å². The molecule has 1 heterocycles. The number of rotatable bonds is 6. The number of anilines is 2. The molecule has 0 spiro atoms. The highest BCUT2D eigenvalue weighted by atomic mass is 32.1. The maximum absolute atomic E-state index is 11.9. The van der Waals surface area contributed by atoms with Crippen LogP contribution >= 0.6 is 11.3 Å². The summed E-state index contributed by atoms with van der Waals surface area (Å²) in [6, 6.07) is 6.85. The van der Waals surface area contributed by atoms with Gasteiger partial charge in [0.25, 0.3) is 0 Å². The quantitative estimate of drug-likeness (QED) is 0.757. The summed E-state index contributed by atoms with van der Waals surface area (Å²) in [5.74, 6) is -0.325. The lowest BCUT2D eigenvalue weighted by atomic mass is 10.1. The van der Waals surface area contributed by atoms with Crippen LogP contribution in [0.15, 0.2) is 29.6 Å². The van der Waals surface area contributed by atoms with Crippen LogP contribution in [0.1, 0.15) is 26.7 Å². The highest BCUT2D eigenvalue weighted by Crippen LogP contribution is 2.26. The third kappa shape index (κ3) is 4.87. The topological polar surface area (TPSA) is 97.1 Å². The fourth-order valence-electron chi connectivity index (χ4n) is 2.03. The molecule has 6 nitrogen and oxygen atoms in total. The standard InChI is InChI=1S/C16H20N4O2S/c1-3-4-13(17)15(22)20-16-19-14(9-23-16)11-5-7-12(8-6-11)18-10(2)21/h5-9,13H,3-4,17H2,1-2H3,(H,18,21)(H,19,20,22). The van der Waals surface area contributed by atoms with Crippen molar-refractivity contribution in [3.63, 3.8) is 0 Å². The normalized spacial score (nSPS) is 11.8. The molecule has 122 valence electrons. The third-order valence-corrected chi connectivity index (χ3v) is 3.93. The Morgan fingerprint density at radius 1 is 1.26 bits per heavy atom. The molecule has 1 aromatic carbocycles. The van der Waals surface area contributed by atoms with E-state index in [2.05, 4.69) is 15.6 Å². The van der Waals surface area contributed by atoms with E-state index in [0.29, 0.717) is 11.6 Å². The molecule has 1 unspecified atom stereocenters. The van der Waals surface area contributed by atoms with Crippen molar-refractivity contribution >= 4 is 34.0 Å². The van der Waals surface area contributed by atoms with Crippen LogP contribution in [0.25, 0.3) is 11.3 Å². The molecule has 7 heteroatoms. The van der Waals surface area contributed by atoms with Crippen molar-refractivity contribution in [2.45, 2.75) is 32.7 Å². The molecule has 0 aliphatic carbocycles. The first kappa shape index (κ1) is 17.1. The molecule has 4 N–H and O–H groups in total. The Kier molecular flexibility index (Phi) is 5.84. The van der Waals surface area contributed by atoms with Gasteiger partial charge in [-0.2, -0.15) is 0 Å². The number of carbonyl (C=O) groups is 2. The van der Waals surface area contributed by atoms with E-state index in [4.69, 9.17) is 5.73 Å². The highest BCUT2D eigenvalue weighted by molar-refractivity contribution is 7.14. The zero-order chi connectivity index (χ0) is 16.8. The monoisotopic (exact) mass is 332 g/mol. The number of hydrogen-bond acceptors (Lipinski definition) is 5. The van der Waals surface area contributed by atoms with Gasteiger partial charge >= 0.3 is 0 Å². The molecule has 1 atom stereocenters. The van der Waals surface area contributed by atoms with Gasteiger partial charge in [0.15, 0.2) is 5.13 Å². The first-order valence-corrected chi connectivity index (χ1v) is 8.27. The average molecular weight is 332 g/mol. The van der Waals surface area contributed by atoms with Crippen molar-refractivity contribution in [3.8, 4) is 11.3 Å². The first-order valence-electron chi connectivity index (χ1n) is 7.39. The maximum atomic E-state index is 11.9. The fourth-order valence-corrected chi connectivity index (χ4v) is 2.75. The molecule has 2 amide bonds. The largest absolute Gasteiger partial charge is 0.326 e. The van der Waals surface area contributed by atoms with Gasteiger partial charge in [0.1, 0.15) is 0 Å². The lowest BCUT2D eigenvalue weighted by molar-refractivity contribution is -0.117. The van der Waals surface area contributed by atoms with Gasteiger partial charge in [-0.3, -0.25) is 9.59 Å². The number of thiazole rings is 1. The Labute approximate surface area is 139 Å². The first-order chi connectivity index (χ1) is 11.0. The summed E-state index contributed by atoms with van der Waals surface area (Å²) in [5, 5.41) is 7.85. The number of nitrogens with one attached hydrogen (secondary N) is 2. The van der Waals surface area contributed by atoms with Crippen molar-refractivity contribution in [3.05, 3.63) is 29.6 Å². The predicted molar refractivity (Wildman–Crippen MR) is 93.4 cm³/mol. The molecule has 0 bridgehead atoms. The van der Waals surface area contributed by atoms with E-state index < -0.39 is 6.04 Å². The molecule has 0 saturated heterocycles. The van der Waals surface area contributed by atoms with E-state index >= 15 is 0 Å². The van der Waals surface area contributed by atoms with Crippen LogP contribution in [0.3, 0.4) is 0 Å². The minimum atomic E-state index is -0.510. The SMILES string of the molecule is CCCC(N)C(=O)Nc1nc(-c2ccc(NC(C)=O)cc2)cs1. The summed E-state index contributed by atoms with van der Waals surface area (Å²) in [7, 11) is 0. The van der Waals surface area contributed by atoms with Crippen LogP contribution in [0.2, 0.25) is 0 Å². The molecule has 0 aliphatic heterocycles. The number of hydrogen-bond donors (Lipinski definition) is 3. The number of carbonyl (C=O) groups excluding carboxylic acids is 2. The van der Waals surface area contributed by atoms with Gasteiger partial charge in [-0.1, -0.05) is 25.5 Å². The molecular formula is C16H20N4O2S. The number of benzene rings is 1. The molecule has 0 aliphatic rings. The summed E-state index contributed by atoms with van der Waals surface area (Å²) < 4.78 is 0. The molecule has 2 aromatic rings. The minimum absolute atomic E-state index is 0.111. The Hall–Kier alpha value is -2.25. The molecule has 0 radical (unpaired) electrons. The predicted octanol–water partition coefficient (Wildman–Crippen LogP) is 2.83. The van der Waals surface area contributed by atoms with Crippen molar-refractivity contribution in [1.29, 1.82) is 0 Å². The van der Waals surface area contributed by atoms with Crippen LogP contribution in [0, 0.1) is 0 Å². The number of nitrogens with zero attached hydrogens (tertiary/aromatic N) is 1. The van der Waals surface area contributed by atoms with Crippen molar-refractivity contribution in [2.75, 3.05) is 10.6 Å². The van der Waals surface area contributed by atoms with Gasteiger partial charge in [0.05, 0.1) is 11.7 Å². The van der Waals surface area contributed by atoms with Crippen molar-refractivity contribution in [2.24, 2.45) is 5.73 Å². The van der Waals surface area contributed by atoms with Gasteiger partial charge < -0.3 is 16.4 Å². The minimum Gasteiger partial charge on any atom is -0.326 e.